The number of fused-ring (bicyclic) bond motifs is 1. The van der Waals surface area contributed by atoms with Gasteiger partial charge in [-0.25, -0.2) is 4.39 Å². The van der Waals surface area contributed by atoms with Gasteiger partial charge in [0.2, 0.25) is 5.91 Å². The number of methoxy groups -OCH3 is 2. The van der Waals surface area contributed by atoms with Crippen LogP contribution in [0.5, 0.6) is 11.5 Å². The number of benzene rings is 3. The van der Waals surface area contributed by atoms with Crippen LogP contribution in [-0.2, 0) is 11.2 Å². The lowest BCUT2D eigenvalue weighted by atomic mass is 9.96. The van der Waals surface area contributed by atoms with E-state index >= 15 is 0 Å². The van der Waals surface area contributed by atoms with Crippen molar-refractivity contribution < 1.29 is 23.1 Å². The van der Waals surface area contributed by atoms with Crippen LogP contribution < -0.4 is 14.8 Å². The second-order valence-corrected chi connectivity index (χ2v) is 8.30. The fourth-order valence-corrected chi connectivity index (χ4v) is 4.25. The standard InChI is InChI=1S/C29H28FNO4/c1-18(15-27(32)31-14-13-20-9-11-21(30)12-10-20)23-16-24-25(22-7-5-6-8-26(22)33-3)17-35-29(24)19(2)28(23)34-4/h5-12,15-17H,13-14H2,1-4H3,(H,31,32)/b18-15+. The SMILES string of the molecule is COc1ccccc1-c1coc2c(C)c(OC)c(/C(C)=C/C(=O)NCCc3ccc(F)cc3)cc12. The Kier molecular flexibility index (Phi) is 7.20. The van der Waals surface area contributed by atoms with Gasteiger partial charge in [0, 0.05) is 40.3 Å². The molecule has 180 valence electrons. The molecule has 0 atom stereocenters. The van der Waals surface area contributed by atoms with E-state index in [1.807, 2.05) is 44.2 Å². The number of hydrogen-bond donors (Lipinski definition) is 1. The van der Waals surface area contributed by atoms with Gasteiger partial charge in [-0.1, -0.05) is 30.3 Å². The highest BCUT2D eigenvalue weighted by atomic mass is 19.1. The van der Waals surface area contributed by atoms with Crippen molar-refractivity contribution in [3.05, 3.63) is 89.4 Å². The lowest BCUT2D eigenvalue weighted by Crippen LogP contribution is -2.23. The number of rotatable bonds is 8. The molecule has 4 rings (SSSR count). The van der Waals surface area contributed by atoms with Gasteiger partial charge in [-0.2, -0.15) is 0 Å². The number of furan rings is 1. The Labute approximate surface area is 204 Å². The fraction of sp³-hybridized carbons (Fsp3) is 0.207. The van der Waals surface area contributed by atoms with Gasteiger partial charge in [0.25, 0.3) is 0 Å². The molecule has 0 saturated carbocycles. The molecule has 1 heterocycles. The average Bonchev–Trinajstić information content (AvgIpc) is 3.29. The number of aryl methyl sites for hydroxylation is 1. The molecule has 0 bridgehead atoms. The molecule has 0 saturated heterocycles. The largest absolute Gasteiger partial charge is 0.496 e. The minimum atomic E-state index is -0.274. The minimum Gasteiger partial charge on any atom is -0.496 e. The van der Waals surface area contributed by atoms with Crippen LogP contribution in [0.2, 0.25) is 0 Å². The first-order valence-electron chi connectivity index (χ1n) is 11.4. The van der Waals surface area contributed by atoms with E-state index in [0.717, 1.165) is 50.1 Å². The number of allylic oxidation sites excluding steroid dienone is 1. The monoisotopic (exact) mass is 473 g/mol. The summed E-state index contributed by atoms with van der Waals surface area (Å²) in [5.74, 6) is 0.926. The molecule has 0 aliphatic carbocycles. The van der Waals surface area contributed by atoms with E-state index in [1.165, 1.54) is 12.1 Å². The molecule has 0 spiro atoms. The van der Waals surface area contributed by atoms with Gasteiger partial charge in [-0.15, -0.1) is 0 Å². The number of hydrogen-bond acceptors (Lipinski definition) is 4. The highest BCUT2D eigenvalue weighted by molar-refractivity contribution is 6.02. The number of carbonyl (C=O) groups excluding carboxylic acids is 1. The Bertz CT molecular complexity index is 1390. The van der Waals surface area contributed by atoms with Gasteiger partial charge in [-0.05, 0) is 55.7 Å². The van der Waals surface area contributed by atoms with Crippen LogP contribution in [0.15, 0.2) is 71.4 Å². The zero-order valence-electron chi connectivity index (χ0n) is 20.3. The predicted molar refractivity (Wildman–Crippen MR) is 136 cm³/mol. The number of nitrogens with one attached hydrogen (secondary N) is 1. The Morgan fingerprint density at radius 2 is 1.80 bits per heavy atom. The van der Waals surface area contributed by atoms with Crippen LogP contribution in [0.3, 0.4) is 0 Å². The third-order valence-corrected chi connectivity index (χ3v) is 6.04. The third kappa shape index (κ3) is 5.06. The van der Waals surface area contributed by atoms with E-state index in [9.17, 15) is 9.18 Å². The highest BCUT2D eigenvalue weighted by Gasteiger charge is 2.20. The van der Waals surface area contributed by atoms with Gasteiger partial charge >= 0.3 is 0 Å². The van der Waals surface area contributed by atoms with Gasteiger partial charge in [0.05, 0.1) is 20.5 Å². The second kappa shape index (κ2) is 10.5. The summed E-state index contributed by atoms with van der Waals surface area (Å²) in [5.41, 5.74) is 5.93. The molecule has 1 amide bonds. The lowest BCUT2D eigenvalue weighted by Gasteiger charge is -2.14. The molecule has 0 unspecified atom stereocenters. The molecule has 0 radical (unpaired) electrons. The van der Waals surface area contributed by atoms with Crippen molar-refractivity contribution in [2.75, 3.05) is 20.8 Å². The summed E-state index contributed by atoms with van der Waals surface area (Å²) in [6.07, 6.45) is 3.90. The van der Waals surface area contributed by atoms with Crippen LogP contribution in [-0.4, -0.2) is 26.7 Å². The maximum Gasteiger partial charge on any atom is 0.244 e. The zero-order chi connectivity index (χ0) is 24.9. The van der Waals surface area contributed by atoms with Crippen LogP contribution in [0.25, 0.3) is 27.7 Å². The van der Waals surface area contributed by atoms with Crippen LogP contribution in [0.1, 0.15) is 23.6 Å². The molecule has 6 heteroatoms. The highest BCUT2D eigenvalue weighted by Crippen LogP contribution is 2.42. The van der Waals surface area contributed by atoms with Gasteiger partial charge in [-0.3, -0.25) is 4.79 Å². The molecule has 0 aliphatic rings. The average molecular weight is 474 g/mol. The molecule has 3 aromatic carbocycles. The summed E-state index contributed by atoms with van der Waals surface area (Å²) in [7, 11) is 3.25. The number of para-hydroxylation sites is 1. The van der Waals surface area contributed by atoms with E-state index in [2.05, 4.69) is 5.32 Å². The van der Waals surface area contributed by atoms with Crippen LogP contribution >= 0.6 is 0 Å². The maximum absolute atomic E-state index is 13.1. The lowest BCUT2D eigenvalue weighted by molar-refractivity contribution is -0.116. The normalized spacial score (nSPS) is 11.5. The summed E-state index contributed by atoms with van der Waals surface area (Å²) < 4.78 is 30.3. The summed E-state index contributed by atoms with van der Waals surface area (Å²) >= 11 is 0. The smallest absolute Gasteiger partial charge is 0.244 e. The van der Waals surface area contributed by atoms with E-state index in [4.69, 9.17) is 13.9 Å². The maximum atomic E-state index is 13.1. The predicted octanol–water partition coefficient (Wildman–Crippen LogP) is 6.33. The van der Waals surface area contributed by atoms with E-state index in [-0.39, 0.29) is 11.7 Å². The number of amides is 1. The summed E-state index contributed by atoms with van der Waals surface area (Å²) in [4.78, 5) is 12.6. The molecule has 35 heavy (non-hydrogen) atoms. The summed E-state index contributed by atoms with van der Waals surface area (Å²) in [6.45, 7) is 4.27. The van der Waals surface area contributed by atoms with Crippen molar-refractivity contribution in [1.82, 2.24) is 5.32 Å². The number of ether oxygens (including phenoxy) is 2. The van der Waals surface area contributed by atoms with E-state index in [1.54, 1.807) is 38.7 Å². The second-order valence-electron chi connectivity index (χ2n) is 8.30. The van der Waals surface area contributed by atoms with Crippen LogP contribution in [0.4, 0.5) is 4.39 Å². The van der Waals surface area contributed by atoms with Crippen molar-refractivity contribution in [1.29, 1.82) is 0 Å². The molecule has 0 fully saturated rings. The van der Waals surface area contributed by atoms with Crippen molar-refractivity contribution in [2.24, 2.45) is 0 Å². The third-order valence-electron chi connectivity index (χ3n) is 6.04. The quantitative estimate of drug-likeness (QED) is 0.304. The summed E-state index contributed by atoms with van der Waals surface area (Å²) in [5, 5.41) is 3.81. The number of halogens is 1. The Morgan fingerprint density at radius 1 is 1.06 bits per heavy atom. The summed E-state index contributed by atoms with van der Waals surface area (Å²) in [6, 6.07) is 16.0. The first kappa shape index (κ1) is 24.1. The van der Waals surface area contributed by atoms with Gasteiger partial charge in [0.1, 0.15) is 22.9 Å². The first-order chi connectivity index (χ1) is 16.9. The molecule has 1 aromatic heterocycles. The van der Waals surface area contributed by atoms with E-state index in [0.29, 0.717) is 18.7 Å². The van der Waals surface area contributed by atoms with Gasteiger partial charge in [0.15, 0.2) is 0 Å². The molecule has 4 aromatic rings. The van der Waals surface area contributed by atoms with Gasteiger partial charge < -0.3 is 19.2 Å². The van der Waals surface area contributed by atoms with Crippen molar-refractivity contribution in [3.63, 3.8) is 0 Å². The first-order valence-corrected chi connectivity index (χ1v) is 11.4. The molecule has 1 N–H and O–H groups in total. The Balaban J connectivity index is 1.63. The Morgan fingerprint density at radius 3 is 2.51 bits per heavy atom. The van der Waals surface area contributed by atoms with Crippen molar-refractivity contribution >= 4 is 22.4 Å². The molecular weight excluding hydrogens is 445 g/mol. The van der Waals surface area contributed by atoms with Crippen molar-refractivity contribution in [3.8, 4) is 22.6 Å². The fourth-order valence-electron chi connectivity index (χ4n) is 4.25. The number of carbonyl (C=O) groups is 1. The zero-order valence-corrected chi connectivity index (χ0v) is 20.3. The van der Waals surface area contributed by atoms with Crippen molar-refractivity contribution in [2.45, 2.75) is 20.3 Å². The van der Waals surface area contributed by atoms with E-state index < -0.39 is 0 Å². The Hall–Kier alpha value is -4.06. The molecule has 0 aliphatic heterocycles. The molecule has 5 nitrogen and oxygen atoms in total. The van der Waals surface area contributed by atoms with Crippen LogP contribution in [0, 0.1) is 12.7 Å². The molecular formula is C29H28FNO4. The topological polar surface area (TPSA) is 60.7 Å². The minimum absolute atomic E-state index is 0.207.